The molecule has 0 fully saturated rings. The van der Waals surface area contributed by atoms with E-state index in [4.69, 9.17) is 11.6 Å². The molecule has 5 nitrogen and oxygen atoms in total. The molecular formula is C9H9BrClN5. The second-order valence-electron chi connectivity index (χ2n) is 3.23. The Morgan fingerprint density at radius 3 is 3.00 bits per heavy atom. The maximum Gasteiger partial charge on any atom is 0.143 e. The molecule has 0 aliphatic carbocycles. The number of hydrogen-bond acceptors (Lipinski definition) is 4. The Bertz CT molecular complexity index is 498. The van der Waals surface area contributed by atoms with Gasteiger partial charge in [-0.25, -0.2) is 4.98 Å². The first-order chi connectivity index (χ1) is 7.65. The van der Waals surface area contributed by atoms with Gasteiger partial charge in [0.2, 0.25) is 0 Å². The molecule has 0 unspecified atom stereocenters. The quantitative estimate of drug-likeness (QED) is 0.884. The molecule has 0 amide bonds. The van der Waals surface area contributed by atoms with Crippen molar-refractivity contribution in [1.29, 1.82) is 0 Å². The minimum atomic E-state index is 0.449. The van der Waals surface area contributed by atoms with Crippen LogP contribution < -0.4 is 5.32 Å². The summed E-state index contributed by atoms with van der Waals surface area (Å²) in [5, 5.41) is 11.4. The van der Waals surface area contributed by atoms with E-state index in [2.05, 4.69) is 36.5 Å². The lowest BCUT2D eigenvalue weighted by molar-refractivity contribution is 0.713. The standard InChI is InChI=1S/C9H9BrClN5/c1-16-5-7(14-15-16)4-12-6-2-8(10)9(11)13-3-6/h2-3,5,12H,4H2,1H3. The molecule has 0 aliphatic rings. The summed E-state index contributed by atoms with van der Waals surface area (Å²) in [4.78, 5) is 4.01. The summed E-state index contributed by atoms with van der Waals surface area (Å²) in [5.74, 6) is 0. The highest BCUT2D eigenvalue weighted by Gasteiger charge is 2.01. The van der Waals surface area contributed by atoms with Gasteiger partial charge in [-0.2, -0.15) is 0 Å². The number of halogens is 2. The fraction of sp³-hybridized carbons (Fsp3) is 0.222. The fourth-order valence-corrected chi connectivity index (χ4v) is 1.64. The Balaban J connectivity index is 2.02. The normalized spacial score (nSPS) is 10.4. The molecule has 2 aromatic heterocycles. The third kappa shape index (κ3) is 2.70. The molecule has 2 heterocycles. The molecule has 0 radical (unpaired) electrons. The van der Waals surface area contributed by atoms with E-state index in [0.717, 1.165) is 15.9 Å². The number of nitrogens with one attached hydrogen (secondary N) is 1. The molecule has 0 atom stereocenters. The first-order valence-electron chi connectivity index (χ1n) is 4.55. The Morgan fingerprint density at radius 1 is 1.56 bits per heavy atom. The summed E-state index contributed by atoms with van der Waals surface area (Å²) in [5.41, 5.74) is 1.75. The van der Waals surface area contributed by atoms with E-state index in [0.29, 0.717) is 11.7 Å². The number of anilines is 1. The Labute approximate surface area is 106 Å². The van der Waals surface area contributed by atoms with Crippen molar-refractivity contribution < 1.29 is 0 Å². The van der Waals surface area contributed by atoms with E-state index in [9.17, 15) is 0 Å². The van der Waals surface area contributed by atoms with Crippen molar-refractivity contribution in [2.45, 2.75) is 6.54 Å². The highest BCUT2D eigenvalue weighted by molar-refractivity contribution is 9.10. The van der Waals surface area contributed by atoms with E-state index in [1.165, 1.54) is 0 Å². The zero-order valence-corrected chi connectivity index (χ0v) is 10.8. The largest absolute Gasteiger partial charge is 0.378 e. The van der Waals surface area contributed by atoms with Crippen molar-refractivity contribution in [1.82, 2.24) is 20.0 Å². The van der Waals surface area contributed by atoms with Gasteiger partial charge in [-0.1, -0.05) is 16.8 Å². The van der Waals surface area contributed by atoms with E-state index in [1.54, 1.807) is 10.9 Å². The number of aryl methyl sites for hydroxylation is 1. The summed E-state index contributed by atoms with van der Waals surface area (Å²) in [6, 6.07) is 1.87. The van der Waals surface area contributed by atoms with Crippen molar-refractivity contribution >= 4 is 33.2 Å². The lowest BCUT2D eigenvalue weighted by Crippen LogP contribution is -2.00. The topological polar surface area (TPSA) is 55.6 Å². The van der Waals surface area contributed by atoms with Gasteiger partial charge in [-0.3, -0.25) is 4.68 Å². The smallest absolute Gasteiger partial charge is 0.143 e. The molecule has 0 aliphatic heterocycles. The van der Waals surface area contributed by atoms with E-state index >= 15 is 0 Å². The zero-order chi connectivity index (χ0) is 11.5. The van der Waals surface area contributed by atoms with Gasteiger partial charge in [0.05, 0.1) is 22.9 Å². The molecule has 1 N–H and O–H groups in total. The summed E-state index contributed by atoms with van der Waals surface area (Å²) >= 11 is 9.10. The third-order valence-corrected chi connectivity index (χ3v) is 3.05. The number of rotatable bonds is 3. The van der Waals surface area contributed by atoms with Crippen LogP contribution in [0.15, 0.2) is 22.9 Å². The van der Waals surface area contributed by atoms with Crippen molar-refractivity contribution in [3.8, 4) is 0 Å². The average molecular weight is 303 g/mol. The number of nitrogens with zero attached hydrogens (tertiary/aromatic N) is 4. The van der Waals surface area contributed by atoms with Crippen LogP contribution in [0.3, 0.4) is 0 Å². The predicted octanol–water partition coefficient (Wildman–Crippen LogP) is 2.24. The highest BCUT2D eigenvalue weighted by Crippen LogP contribution is 2.22. The molecule has 7 heteroatoms. The van der Waals surface area contributed by atoms with Gasteiger partial charge in [0.15, 0.2) is 0 Å². The maximum absolute atomic E-state index is 5.79. The zero-order valence-electron chi connectivity index (χ0n) is 8.48. The molecule has 84 valence electrons. The van der Waals surface area contributed by atoms with Crippen LogP contribution in [-0.2, 0) is 13.6 Å². The second-order valence-corrected chi connectivity index (χ2v) is 4.45. The molecule has 0 bridgehead atoms. The first-order valence-corrected chi connectivity index (χ1v) is 5.72. The van der Waals surface area contributed by atoms with Crippen LogP contribution >= 0.6 is 27.5 Å². The lowest BCUT2D eigenvalue weighted by Gasteiger charge is -2.04. The molecule has 16 heavy (non-hydrogen) atoms. The van der Waals surface area contributed by atoms with Gasteiger partial charge in [-0.05, 0) is 22.0 Å². The van der Waals surface area contributed by atoms with Gasteiger partial charge >= 0.3 is 0 Å². The SMILES string of the molecule is Cn1cc(CNc2cnc(Cl)c(Br)c2)nn1. The highest BCUT2D eigenvalue weighted by atomic mass is 79.9. The van der Waals surface area contributed by atoms with Gasteiger partial charge in [-0.15, -0.1) is 5.10 Å². The van der Waals surface area contributed by atoms with E-state index in [1.807, 2.05) is 19.3 Å². The summed E-state index contributed by atoms with van der Waals surface area (Å²) in [6.45, 7) is 0.601. The van der Waals surface area contributed by atoms with Gasteiger partial charge < -0.3 is 5.32 Å². The summed E-state index contributed by atoms with van der Waals surface area (Å²) < 4.78 is 2.42. The van der Waals surface area contributed by atoms with Gasteiger partial charge in [0, 0.05) is 13.2 Å². The van der Waals surface area contributed by atoms with Crippen molar-refractivity contribution in [3.63, 3.8) is 0 Å². The number of hydrogen-bond donors (Lipinski definition) is 1. The van der Waals surface area contributed by atoms with Crippen LogP contribution in [0.5, 0.6) is 0 Å². The van der Waals surface area contributed by atoms with Crippen LogP contribution in [0.2, 0.25) is 5.15 Å². The fourth-order valence-electron chi connectivity index (χ4n) is 1.19. The van der Waals surface area contributed by atoms with E-state index in [-0.39, 0.29) is 0 Å². The Morgan fingerprint density at radius 2 is 2.38 bits per heavy atom. The predicted molar refractivity (Wildman–Crippen MR) is 65.3 cm³/mol. The van der Waals surface area contributed by atoms with Crippen LogP contribution in [0.25, 0.3) is 0 Å². The molecule has 2 rings (SSSR count). The molecule has 0 saturated heterocycles. The van der Waals surface area contributed by atoms with Crippen LogP contribution in [0.4, 0.5) is 5.69 Å². The average Bonchev–Trinajstić information content (AvgIpc) is 2.66. The maximum atomic E-state index is 5.79. The van der Waals surface area contributed by atoms with Crippen molar-refractivity contribution in [2.75, 3.05) is 5.32 Å². The Hall–Kier alpha value is -1.14. The minimum Gasteiger partial charge on any atom is -0.378 e. The van der Waals surface area contributed by atoms with Crippen LogP contribution in [-0.4, -0.2) is 20.0 Å². The minimum absolute atomic E-state index is 0.449. The van der Waals surface area contributed by atoms with Crippen molar-refractivity contribution in [3.05, 3.63) is 33.8 Å². The van der Waals surface area contributed by atoms with Gasteiger partial charge in [0.1, 0.15) is 10.8 Å². The van der Waals surface area contributed by atoms with Crippen molar-refractivity contribution in [2.24, 2.45) is 7.05 Å². The molecule has 0 spiro atoms. The van der Waals surface area contributed by atoms with Crippen LogP contribution in [0, 0.1) is 0 Å². The summed E-state index contributed by atoms with van der Waals surface area (Å²) in [7, 11) is 1.83. The monoisotopic (exact) mass is 301 g/mol. The van der Waals surface area contributed by atoms with Crippen LogP contribution in [0.1, 0.15) is 5.69 Å². The number of aromatic nitrogens is 4. The van der Waals surface area contributed by atoms with Gasteiger partial charge in [0.25, 0.3) is 0 Å². The third-order valence-electron chi connectivity index (χ3n) is 1.92. The first kappa shape index (κ1) is 11.3. The Kier molecular flexibility index (Phi) is 3.40. The molecular weight excluding hydrogens is 293 g/mol. The summed E-state index contributed by atoms with van der Waals surface area (Å²) in [6.07, 6.45) is 3.52. The van der Waals surface area contributed by atoms with E-state index < -0.39 is 0 Å². The molecule has 0 saturated carbocycles. The second kappa shape index (κ2) is 4.80. The molecule has 0 aromatic carbocycles. The number of pyridine rings is 1. The lowest BCUT2D eigenvalue weighted by atomic mass is 10.4. The molecule has 2 aromatic rings.